The Kier molecular flexibility index (Phi) is 6.13. The van der Waals surface area contributed by atoms with Crippen LogP contribution in [0.15, 0.2) is 42.5 Å². The van der Waals surface area contributed by atoms with Crippen LogP contribution in [0.25, 0.3) is 0 Å². The molecule has 5 heteroatoms. The lowest BCUT2D eigenvalue weighted by atomic mass is 9.92. The normalized spacial score (nSPS) is 12.0. The maximum absolute atomic E-state index is 12.3. The number of benzene rings is 2. The Morgan fingerprint density at radius 3 is 2.18 bits per heavy atom. The molecule has 0 aliphatic rings. The molecule has 2 nitrogen and oxygen atoms in total. The molecule has 0 aromatic heterocycles. The van der Waals surface area contributed by atoms with Crippen LogP contribution in [0.2, 0.25) is 15.1 Å². The molecule has 116 valence electrons. The highest BCUT2D eigenvalue weighted by atomic mass is 35.5. The van der Waals surface area contributed by atoms with Gasteiger partial charge < -0.3 is 4.74 Å². The molecule has 0 heterocycles. The van der Waals surface area contributed by atoms with Crippen LogP contribution in [0.4, 0.5) is 0 Å². The zero-order valence-corrected chi connectivity index (χ0v) is 14.3. The minimum absolute atomic E-state index is 0.305. The maximum Gasteiger partial charge on any atom is 0.313 e. The summed E-state index contributed by atoms with van der Waals surface area (Å²) < 4.78 is 5.18. The summed E-state index contributed by atoms with van der Waals surface area (Å²) in [4.78, 5) is 12.3. The zero-order valence-electron chi connectivity index (χ0n) is 12.0. The largest absolute Gasteiger partial charge is 0.466 e. The summed E-state index contributed by atoms with van der Waals surface area (Å²) in [6.07, 6.45) is 0.374. The Bertz CT molecular complexity index is 633. The van der Waals surface area contributed by atoms with Gasteiger partial charge in [-0.1, -0.05) is 53.0 Å². The highest BCUT2D eigenvalue weighted by Gasteiger charge is 2.24. The molecule has 2 aromatic carbocycles. The third-order valence-electron chi connectivity index (χ3n) is 3.31. The van der Waals surface area contributed by atoms with Crippen LogP contribution in [0.1, 0.15) is 24.0 Å². The Labute approximate surface area is 144 Å². The summed E-state index contributed by atoms with van der Waals surface area (Å²) in [5, 5.41) is 1.69. The predicted octanol–water partition coefficient (Wildman–Crippen LogP) is 5.54. The van der Waals surface area contributed by atoms with Crippen molar-refractivity contribution in [2.75, 3.05) is 6.61 Å². The lowest BCUT2D eigenvalue weighted by Gasteiger charge is -2.17. The highest BCUT2D eigenvalue weighted by molar-refractivity contribution is 6.36. The summed E-state index contributed by atoms with van der Waals surface area (Å²) in [5.74, 6) is -0.782. The van der Waals surface area contributed by atoms with Gasteiger partial charge in [-0.05, 0) is 48.7 Å². The van der Waals surface area contributed by atoms with Gasteiger partial charge in [0.25, 0.3) is 0 Å². The number of hydrogen-bond donors (Lipinski definition) is 0. The molecule has 0 spiro atoms. The molecule has 0 saturated heterocycles. The van der Waals surface area contributed by atoms with Crippen LogP contribution in [0.5, 0.6) is 0 Å². The minimum atomic E-state index is -0.477. The maximum atomic E-state index is 12.3. The smallest absolute Gasteiger partial charge is 0.313 e. The van der Waals surface area contributed by atoms with Gasteiger partial charge in [-0.2, -0.15) is 0 Å². The number of rotatable bonds is 5. The fourth-order valence-electron chi connectivity index (χ4n) is 2.21. The molecule has 1 atom stereocenters. The first-order valence-corrected chi connectivity index (χ1v) is 8.01. The van der Waals surface area contributed by atoms with E-state index in [4.69, 9.17) is 39.5 Å². The molecule has 0 aliphatic heterocycles. The van der Waals surface area contributed by atoms with Gasteiger partial charge in [0.15, 0.2) is 0 Å². The van der Waals surface area contributed by atoms with E-state index in [0.29, 0.717) is 28.1 Å². The average Bonchev–Trinajstić information content (AvgIpc) is 2.48. The topological polar surface area (TPSA) is 26.3 Å². The second kappa shape index (κ2) is 7.87. The first-order valence-electron chi connectivity index (χ1n) is 6.88. The monoisotopic (exact) mass is 356 g/mol. The second-order valence-electron chi connectivity index (χ2n) is 4.76. The summed E-state index contributed by atoms with van der Waals surface area (Å²) in [5.41, 5.74) is 1.55. The van der Waals surface area contributed by atoms with E-state index in [2.05, 4.69) is 0 Å². The molecule has 1 unspecified atom stereocenters. The van der Waals surface area contributed by atoms with Crippen LogP contribution in [-0.4, -0.2) is 12.6 Å². The van der Waals surface area contributed by atoms with Gasteiger partial charge in [-0.25, -0.2) is 0 Å². The van der Waals surface area contributed by atoms with E-state index in [1.54, 1.807) is 37.3 Å². The third kappa shape index (κ3) is 4.16. The average molecular weight is 358 g/mol. The molecule has 2 aromatic rings. The van der Waals surface area contributed by atoms with E-state index in [9.17, 15) is 4.79 Å². The van der Waals surface area contributed by atoms with Crippen molar-refractivity contribution in [2.45, 2.75) is 19.3 Å². The van der Waals surface area contributed by atoms with Crippen molar-refractivity contribution < 1.29 is 9.53 Å². The van der Waals surface area contributed by atoms with Crippen molar-refractivity contribution in [3.8, 4) is 0 Å². The van der Waals surface area contributed by atoms with Gasteiger partial charge in [0.2, 0.25) is 0 Å². The van der Waals surface area contributed by atoms with E-state index >= 15 is 0 Å². The number of halogens is 3. The quantitative estimate of drug-likeness (QED) is 0.657. The summed E-state index contributed by atoms with van der Waals surface area (Å²) in [6, 6.07) is 12.4. The van der Waals surface area contributed by atoms with Crippen molar-refractivity contribution >= 4 is 40.8 Å². The number of carbonyl (C=O) groups is 1. The molecule has 2 rings (SSSR count). The molecule has 0 bridgehead atoms. The van der Waals surface area contributed by atoms with Gasteiger partial charge in [-0.3, -0.25) is 4.79 Å². The van der Waals surface area contributed by atoms with E-state index in [1.807, 2.05) is 12.1 Å². The number of ether oxygens (including phenoxy) is 1. The fraction of sp³-hybridized carbons (Fsp3) is 0.235. The molecule has 0 fully saturated rings. The molecule has 0 aliphatic carbocycles. The van der Waals surface area contributed by atoms with Gasteiger partial charge >= 0.3 is 5.97 Å². The van der Waals surface area contributed by atoms with Crippen molar-refractivity contribution in [1.29, 1.82) is 0 Å². The van der Waals surface area contributed by atoms with Crippen molar-refractivity contribution in [3.05, 3.63) is 68.7 Å². The number of esters is 1. The van der Waals surface area contributed by atoms with Gasteiger partial charge in [0.05, 0.1) is 12.5 Å². The van der Waals surface area contributed by atoms with Crippen LogP contribution in [0.3, 0.4) is 0 Å². The summed E-state index contributed by atoms with van der Waals surface area (Å²) in [7, 11) is 0. The van der Waals surface area contributed by atoms with Crippen LogP contribution >= 0.6 is 34.8 Å². The first kappa shape index (κ1) is 17.1. The zero-order chi connectivity index (χ0) is 16.1. The van der Waals surface area contributed by atoms with Crippen LogP contribution < -0.4 is 0 Å². The fourth-order valence-corrected chi connectivity index (χ4v) is 2.88. The van der Waals surface area contributed by atoms with E-state index in [1.165, 1.54) is 0 Å². The third-order valence-corrected chi connectivity index (χ3v) is 4.27. The number of carbonyl (C=O) groups excluding carboxylic acids is 1. The molecular formula is C17H15Cl3O2. The Hall–Kier alpha value is -1.22. The van der Waals surface area contributed by atoms with Crippen molar-refractivity contribution in [2.24, 2.45) is 0 Å². The molecule has 0 amide bonds. The summed E-state index contributed by atoms with van der Waals surface area (Å²) >= 11 is 18.3. The molecule has 0 saturated carbocycles. The number of hydrogen-bond acceptors (Lipinski definition) is 2. The molecule has 0 N–H and O–H groups in total. The Morgan fingerprint density at radius 2 is 1.64 bits per heavy atom. The molecule has 22 heavy (non-hydrogen) atoms. The Balaban J connectivity index is 2.36. The molecule has 0 radical (unpaired) electrons. The van der Waals surface area contributed by atoms with E-state index in [-0.39, 0.29) is 5.97 Å². The van der Waals surface area contributed by atoms with Crippen LogP contribution in [0, 0.1) is 0 Å². The van der Waals surface area contributed by atoms with E-state index in [0.717, 1.165) is 11.1 Å². The lowest BCUT2D eigenvalue weighted by Crippen LogP contribution is -2.18. The predicted molar refractivity (Wildman–Crippen MR) is 91.0 cm³/mol. The van der Waals surface area contributed by atoms with E-state index < -0.39 is 5.92 Å². The van der Waals surface area contributed by atoms with Gasteiger partial charge in [-0.15, -0.1) is 0 Å². The highest BCUT2D eigenvalue weighted by Crippen LogP contribution is 2.31. The summed E-state index contributed by atoms with van der Waals surface area (Å²) in [6.45, 7) is 2.10. The Morgan fingerprint density at radius 1 is 1.05 bits per heavy atom. The SMILES string of the molecule is CCOC(=O)C(Cc1c(Cl)cccc1Cl)c1ccc(Cl)cc1. The minimum Gasteiger partial charge on any atom is -0.466 e. The van der Waals surface area contributed by atoms with Crippen LogP contribution in [-0.2, 0) is 16.0 Å². The van der Waals surface area contributed by atoms with Crippen molar-refractivity contribution in [1.82, 2.24) is 0 Å². The van der Waals surface area contributed by atoms with Crippen molar-refractivity contribution in [3.63, 3.8) is 0 Å². The second-order valence-corrected chi connectivity index (χ2v) is 6.01. The van der Waals surface area contributed by atoms with Gasteiger partial charge in [0.1, 0.15) is 0 Å². The standard InChI is InChI=1S/C17H15Cl3O2/c1-2-22-17(21)13(11-6-8-12(18)9-7-11)10-14-15(19)4-3-5-16(14)20/h3-9,13H,2,10H2,1H3. The lowest BCUT2D eigenvalue weighted by molar-refractivity contribution is -0.144. The first-order chi connectivity index (χ1) is 10.5. The van der Waals surface area contributed by atoms with Gasteiger partial charge in [0, 0.05) is 15.1 Å². The molecular weight excluding hydrogens is 343 g/mol.